The fourth-order valence-electron chi connectivity index (χ4n) is 14.4. The number of alkyl halides is 9. The van der Waals surface area contributed by atoms with E-state index in [9.17, 15) is 83.7 Å². The molecule has 8 atom stereocenters. The first-order valence-electron chi connectivity index (χ1n) is 44.5. The summed E-state index contributed by atoms with van der Waals surface area (Å²) < 4.78 is 242. The average Bonchev–Trinajstić information content (AvgIpc) is 0.729. The molecule has 0 saturated heterocycles. The van der Waals surface area contributed by atoms with Crippen LogP contribution in [0.5, 0.6) is 0 Å². The maximum Gasteiger partial charge on any atom is 0.437 e. The van der Waals surface area contributed by atoms with E-state index in [4.69, 9.17) is 19.1 Å². The normalized spacial score (nSPS) is 14.0. The van der Waals surface area contributed by atoms with Gasteiger partial charge in [-0.3, -0.25) is 38.2 Å². The second kappa shape index (κ2) is 60.7. The predicted octanol–water partition coefficient (Wildman–Crippen LogP) is 32.9. The molecule has 0 aromatic heterocycles. The summed E-state index contributed by atoms with van der Waals surface area (Å²) in [5, 5.41) is 51.2. The Kier molecular flexibility index (Phi) is 59.3. The zero-order valence-electron chi connectivity index (χ0n) is 81.5. The molecule has 816 valence electrons. The largest absolute Gasteiger partial charge is 0.437 e. The van der Waals surface area contributed by atoms with Gasteiger partial charge in [0.25, 0.3) is 0 Å². The van der Waals surface area contributed by atoms with Crippen LogP contribution >= 0.6 is 0 Å². The molecule has 37 heteroatoms. The molecule has 8 aromatic carbocycles. The Morgan fingerprint density at radius 3 is 0.729 bits per heavy atom. The van der Waals surface area contributed by atoms with Crippen LogP contribution in [0.15, 0.2) is 192 Å². The molecule has 24 nitrogen and oxygen atoms in total. The van der Waals surface area contributed by atoms with E-state index in [0.29, 0.717) is 63.2 Å². The summed E-state index contributed by atoms with van der Waals surface area (Å²) in [7, 11) is -18.0. The third-order valence-corrected chi connectivity index (χ3v) is 28.2. The van der Waals surface area contributed by atoms with Gasteiger partial charge in [0.05, 0.1) is 28.3 Å². The zero-order chi connectivity index (χ0) is 103. The molecule has 4 N–H and O–H groups in total. The Labute approximate surface area is 853 Å². The maximum atomic E-state index is 13.6. The second-order valence-electron chi connectivity index (χ2n) is 35.7. The molecule has 0 aliphatic carbocycles. The van der Waals surface area contributed by atoms with Gasteiger partial charge in [-0.2, -0.15) is 73.2 Å². The highest BCUT2D eigenvalue weighted by Gasteiger charge is 2.42. The molecule has 0 aliphatic rings. The van der Waals surface area contributed by atoms with Gasteiger partial charge in [-0.1, -0.05) is 383 Å². The quantitative estimate of drug-likeness (QED) is 0.0121. The Hall–Kier alpha value is -9.51. The van der Waals surface area contributed by atoms with Crippen molar-refractivity contribution in [1.82, 2.24) is 0 Å². The van der Waals surface area contributed by atoms with Crippen molar-refractivity contribution in [2.45, 2.75) is 363 Å². The van der Waals surface area contributed by atoms with E-state index in [-0.39, 0.29) is 157 Å². The number of oxime groups is 4. The van der Waals surface area contributed by atoms with Crippen LogP contribution in [0.1, 0.15) is 410 Å². The van der Waals surface area contributed by atoms with Gasteiger partial charge in [-0.15, -0.1) is 0 Å². The summed E-state index contributed by atoms with van der Waals surface area (Å²) >= 11 is 0. The van der Waals surface area contributed by atoms with E-state index >= 15 is 0 Å². The standard InChI is InChI=1S/2C28H41NO5S.C22H26F3NO5S.C21H21F6NO5S.8CH4/c2*1-10-20(8)27(33-30)23-13-11-22(12-14-23)21(9)29-34-35(31,32)28-25(18(4)5)15-24(17(2)3)16-26(28)19(6)7;1-6-14(3)19(30-27)17-7-9-18(10-8-17)21(22(23,24)25)26-31-32(28,29)20-15(4)11-13(2)12-16(20)5;1-4-12(2)19(32-29)15-7-5-14(6-8-15)13(3)28-33-34(30,31)18-10-16(20(22,23)24)9-17(11-18)21(25,26)27;;;;;;;;/h2*11-20,27,30H,10H2,1-9H3;7-12,14,19,27H,6H2,1-5H3;5-12,19,29H,4H2,1-3H3;8*1H4/b2*29-21-;26-21+;28-13-;;;;;;;;. The number of hydrogen-bond donors (Lipinski definition) is 4. The van der Waals surface area contributed by atoms with Crippen molar-refractivity contribution < 1.29 is 131 Å². The molecular formula is C107H161F9N4O20S4. The van der Waals surface area contributed by atoms with E-state index in [1.54, 1.807) is 45.0 Å². The molecule has 0 spiro atoms. The van der Waals surface area contributed by atoms with Crippen LogP contribution in [0.4, 0.5) is 39.5 Å². The van der Waals surface area contributed by atoms with E-state index < -0.39 is 111 Å². The maximum absolute atomic E-state index is 13.6. The molecule has 8 rings (SSSR count). The van der Waals surface area contributed by atoms with Crippen molar-refractivity contribution in [3.63, 3.8) is 0 Å². The first kappa shape index (κ1) is 141. The van der Waals surface area contributed by atoms with E-state index in [1.807, 2.05) is 184 Å². The van der Waals surface area contributed by atoms with Gasteiger partial charge in [-0.05, 0) is 202 Å². The average molecular weight is 2120 g/mol. The molecule has 0 amide bonds. The van der Waals surface area contributed by atoms with Gasteiger partial charge >= 0.3 is 59.0 Å². The number of nitrogens with zero attached hydrogens (tertiary/aromatic N) is 4. The number of benzene rings is 8. The minimum absolute atomic E-state index is 0. The van der Waals surface area contributed by atoms with Crippen molar-refractivity contribution in [2.75, 3.05) is 0 Å². The van der Waals surface area contributed by atoms with Crippen LogP contribution in [-0.4, -0.2) is 83.7 Å². The number of aryl methyl sites for hydroxylation is 3. The highest BCUT2D eigenvalue weighted by atomic mass is 32.2. The molecule has 0 bridgehead atoms. The third-order valence-electron chi connectivity index (χ3n) is 23.3. The van der Waals surface area contributed by atoms with Crippen LogP contribution in [0.25, 0.3) is 0 Å². The fourth-order valence-corrected chi connectivity index (χ4v) is 19.3. The number of rotatable bonds is 38. The van der Waals surface area contributed by atoms with E-state index in [1.165, 1.54) is 45.0 Å². The Morgan fingerprint density at radius 2 is 0.521 bits per heavy atom. The molecule has 144 heavy (non-hydrogen) atoms. The lowest BCUT2D eigenvalue weighted by Crippen LogP contribution is -2.25. The molecular weight excluding hydrogens is 1960 g/mol. The molecule has 8 aromatic rings. The number of halogens is 9. The van der Waals surface area contributed by atoms with Gasteiger partial charge in [0.15, 0.2) is 5.71 Å². The Morgan fingerprint density at radius 1 is 0.299 bits per heavy atom. The molecule has 0 saturated carbocycles. The molecule has 0 aliphatic heterocycles. The zero-order valence-corrected chi connectivity index (χ0v) is 84.8. The number of hydrogen-bond acceptors (Lipinski definition) is 24. The Balaban J connectivity index is -0.000000891. The van der Waals surface area contributed by atoms with Crippen molar-refractivity contribution in [1.29, 1.82) is 0 Å². The first-order chi connectivity index (χ1) is 63.1. The minimum atomic E-state index is -5.22. The summed E-state index contributed by atoms with van der Waals surface area (Å²) in [5.41, 5.74) is 6.57. The third kappa shape index (κ3) is 38.3. The summed E-state index contributed by atoms with van der Waals surface area (Å²) in [6.45, 7) is 49.4. The van der Waals surface area contributed by atoms with Gasteiger partial charge in [0.1, 0.15) is 44.0 Å². The van der Waals surface area contributed by atoms with Crippen LogP contribution < -0.4 is 0 Å². The van der Waals surface area contributed by atoms with Gasteiger partial charge < -0.3 is 0 Å². The van der Waals surface area contributed by atoms with Crippen LogP contribution in [0.3, 0.4) is 0 Å². The fraction of sp³-hybridized carbons (Fsp3) is 0.514. The first-order valence-corrected chi connectivity index (χ1v) is 50.1. The summed E-state index contributed by atoms with van der Waals surface area (Å²) in [6, 6.07) is 36.7. The van der Waals surface area contributed by atoms with Crippen LogP contribution in [0, 0.1) is 44.4 Å². The van der Waals surface area contributed by atoms with Gasteiger partial charge in [0.2, 0.25) is 0 Å². The highest BCUT2D eigenvalue weighted by molar-refractivity contribution is 7.87. The lowest BCUT2D eigenvalue weighted by atomic mass is 9.89. The summed E-state index contributed by atoms with van der Waals surface area (Å²) in [6.07, 6.45) is -14.5. The van der Waals surface area contributed by atoms with Gasteiger partial charge in [0, 0.05) is 5.56 Å². The molecule has 8 unspecified atom stereocenters. The summed E-state index contributed by atoms with van der Waals surface area (Å²) in [4.78, 5) is 17.2. The van der Waals surface area contributed by atoms with Crippen LogP contribution in [0.2, 0.25) is 0 Å². The van der Waals surface area contributed by atoms with E-state index in [0.717, 1.165) is 75.0 Å². The second-order valence-corrected chi connectivity index (χ2v) is 41.6. The van der Waals surface area contributed by atoms with E-state index in [2.05, 4.69) is 76.4 Å². The van der Waals surface area contributed by atoms with Crippen molar-refractivity contribution in [3.8, 4) is 0 Å². The van der Waals surface area contributed by atoms with Crippen LogP contribution in [-0.2, 0) is 89.5 Å². The van der Waals surface area contributed by atoms with Crippen molar-refractivity contribution >= 4 is 63.3 Å². The predicted molar refractivity (Wildman–Crippen MR) is 560 cm³/mol. The molecule has 0 radical (unpaired) electrons. The lowest BCUT2D eigenvalue weighted by molar-refractivity contribution is -0.293. The Bertz CT molecular complexity index is 5600. The topological polar surface area (TPSA) is 341 Å². The van der Waals surface area contributed by atoms with Gasteiger partial charge in [-0.25, -0.2) is 19.6 Å². The SMILES string of the molecule is C.C.C.C.C.C.C.C.CCC(C)C(OO)c1ccc(/C(=N\OS(=O)(=O)c2c(C)cc(C)cc2C)C(F)(F)F)cc1.CCC(C)C(OO)c1ccc(/C(C)=N\OS(=O)(=O)c2c(C(C)C)cc(C(C)C)cc2C(C)C)cc1.CCC(C)C(OO)c1ccc(/C(C)=N\OS(=O)(=O)c2c(C(C)C)cc(C(C)C)cc2C(C)C)cc1.CCC(C)C(OO)c1ccc(/C(C)=N\OS(=O)(=O)c2cc(C(F)(F)F)cc(C(F)(F)F)c2)cc1. The highest BCUT2D eigenvalue weighted by Crippen LogP contribution is 2.43. The smallest absolute Gasteiger partial charge is 0.265 e. The minimum Gasteiger partial charge on any atom is -0.265 e. The van der Waals surface area contributed by atoms with Crippen molar-refractivity contribution in [3.05, 3.63) is 257 Å². The molecule has 0 fully saturated rings. The monoisotopic (exact) mass is 2120 g/mol. The summed E-state index contributed by atoms with van der Waals surface area (Å²) in [5.74, 6) is 0.749. The molecule has 0 heterocycles. The lowest BCUT2D eigenvalue weighted by Gasteiger charge is -2.21. The van der Waals surface area contributed by atoms with Crippen molar-refractivity contribution in [2.24, 2.45) is 44.3 Å².